The summed E-state index contributed by atoms with van der Waals surface area (Å²) in [4.78, 5) is 6.95. The van der Waals surface area contributed by atoms with Crippen LogP contribution in [-0.2, 0) is 17.7 Å². The summed E-state index contributed by atoms with van der Waals surface area (Å²) >= 11 is 0. The van der Waals surface area contributed by atoms with E-state index in [9.17, 15) is 0 Å². The standard InChI is InChI=1S/C17H31N3O/c1-6-8-16-11-15(13-18-14(3)4)12-17(19-16)20(5)9-10-21-7-2/h11-12,14,18H,6-10,13H2,1-5H3. The number of aryl methyl sites for hydroxylation is 1. The lowest BCUT2D eigenvalue weighted by Crippen LogP contribution is -2.25. The van der Waals surface area contributed by atoms with Gasteiger partial charge in [-0.2, -0.15) is 0 Å². The minimum Gasteiger partial charge on any atom is -0.380 e. The van der Waals surface area contributed by atoms with Crippen molar-refractivity contribution in [3.8, 4) is 0 Å². The fraction of sp³-hybridized carbons (Fsp3) is 0.706. The lowest BCUT2D eigenvalue weighted by molar-refractivity contribution is 0.154. The maximum Gasteiger partial charge on any atom is 0.128 e. The minimum absolute atomic E-state index is 0.493. The molecule has 0 aromatic carbocycles. The van der Waals surface area contributed by atoms with Crippen LogP contribution in [0.15, 0.2) is 12.1 Å². The van der Waals surface area contributed by atoms with Gasteiger partial charge in [-0.05, 0) is 31.0 Å². The summed E-state index contributed by atoms with van der Waals surface area (Å²) in [7, 11) is 2.08. The minimum atomic E-state index is 0.493. The van der Waals surface area contributed by atoms with Gasteiger partial charge in [0.2, 0.25) is 0 Å². The van der Waals surface area contributed by atoms with Gasteiger partial charge in [-0.25, -0.2) is 4.98 Å². The molecular formula is C17H31N3O. The zero-order valence-electron chi connectivity index (χ0n) is 14.3. The van der Waals surface area contributed by atoms with Gasteiger partial charge in [-0.3, -0.25) is 0 Å². The molecule has 1 aromatic rings. The number of anilines is 1. The average molecular weight is 293 g/mol. The van der Waals surface area contributed by atoms with E-state index in [0.717, 1.165) is 45.0 Å². The van der Waals surface area contributed by atoms with E-state index in [2.05, 4.69) is 50.2 Å². The van der Waals surface area contributed by atoms with Crippen LogP contribution in [0.5, 0.6) is 0 Å². The molecule has 0 aliphatic rings. The van der Waals surface area contributed by atoms with Crippen molar-refractivity contribution in [3.05, 3.63) is 23.4 Å². The Morgan fingerprint density at radius 3 is 2.67 bits per heavy atom. The third-order valence-corrected chi connectivity index (χ3v) is 3.31. The Hall–Kier alpha value is -1.13. The van der Waals surface area contributed by atoms with Gasteiger partial charge in [-0.15, -0.1) is 0 Å². The Morgan fingerprint density at radius 2 is 2.05 bits per heavy atom. The van der Waals surface area contributed by atoms with E-state index in [1.807, 2.05) is 6.92 Å². The molecule has 1 heterocycles. The Bertz CT molecular complexity index is 407. The number of nitrogens with one attached hydrogen (secondary N) is 1. The number of ether oxygens (including phenoxy) is 1. The van der Waals surface area contributed by atoms with Gasteiger partial charge < -0.3 is 15.0 Å². The molecule has 1 rings (SSSR count). The van der Waals surface area contributed by atoms with Crippen LogP contribution in [0.2, 0.25) is 0 Å². The second-order valence-electron chi connectivity index (χ2n) is 5.73. The van der Waals surface area contributed by atoms with E-state index in [4.69, 9.17) is 9.72 Å². The molecule has 0 unspecified atom stereocenters. The predicted molar refractivity (Wildman–Crippen MR) is 90.0 cm³/mol. The molecule has 0 aliphatic carbocycles. The zero-order chi connectivity index (χ0) is 15.7. The highest BCUT2D eigenvalue weighted by atomic mass is 16.5. The van der Waals surface area contributed by atoms with Crippen molar-refractivity contribution in [1.29, 1.82) is 0 Å². The van der Waals surface area contributed by atoms with Gasteiger partial charge in [0, 0.05) is 38.5 Å². The summed E-state index contributed by atoms with van der Waals surface area (Å²) in [6.07, 6.45) is 2.15. The van der Waals surface area contributed by atoms with E-state index >= 15 is 0 Å². The highest BCUT2D eigenvalue weighted by Gasteiger charge is 2.07. The molecule has 0 fully saturated rings. The maximum absolute atomic E-state index is 5.43. The molecule has 0 saturated heterocycles. The number of hydrogen-bond acceptors (Lipinski definition) is 4. The molecular weight excluding hydrogens is 262 g/mol. The van der Waals surface area contributed by atoms with Gasteiger partial charge in [-0.1, -0.05) is 27.2 Å². The van der Waals surface area contributed by atoms with Crippen LogP contribution in [0.25, 0.3) is 0 Å². The molecule has 4 nitrogen and oxygen atoms in total. The predicted octanol–water partition coefficient (Wildman–Crippen LogP) is 3.00. The first-order valence-corrected chi connectivity index (χ1v) is 8.08. The van der Waals surface area contributed by atoms with Crippen LogP contribution < -0.4 is 10.2 Å². The van der Waals surface area contributed by atoms with E-state index < -0.39 is 0 Å². The molecule has 0 atom stereocenters. The van der Waals surface area contributed by atoms with Crippen LogP contribution in [0.4, 0.5) is 5.82 Å². The van der Waals surface area contributed by atoms with Crippen molar-refractivity contribution in [1.82, 2.24) is 10.3 Å². The summed E-state index contributed by atoms with van der Waals surface area (Å²) < 4.78 is 5.43. The molecule has 4 heteroatoms. The molecule has 0 amide bonds. The van der Waals surface area contributed by atoms with Crippen LogP contribution in [0, 0.1) is 0 Å². The lowest BCUT2D eigenvalue weighted by Gasteiger charge is -2.20. The summed E-state index contributed by atoms with van der Waals surface area (Å²) in [5.41, 5.74) is 2.49. The van der Waals surface area contributed by atoms with Gasteiger partial charge in [0.25, 0.3) is 0 Å². The van der Waals surface area contributed by atoms with Gasteiger partial charge in [0.15, 0.2) is 0 Å². The Kier molecular flexibility index (Phi) is 8.31. The molecule has 0 spiro atoms. The highest BCUT2D eigenvalue weighted by molar-refractivity contribution is 5.42. The molecule has 21 heavy (non-hydrogen) atoms. The first kappa shape index (κ1) is 17.9. The van der Waals surface area contributed by atoms with Crippen molar-refractivity contribution >= 4 is 5.82 Å². The number of rotatable bonds is 10. The topological polar surface area (TPSA) is 37.4 Å². The summed E-state index contributed by atoms with van der Waals surface area (Å²) in [6.45, 7) is 11.8. The summed E-state index contributed by atoms with van der Waals surface area (Å²) in [5, 5.41) is 3.48. The lowest BCUT2D eigenvalue weighted by atomic mass is 10.1. The molecule has 0 aliphatic heterocycles. The van der Waals surface area contributed by atoms with Gasteiger partial charge in [0.1, 0.15) is 5.82 Å². The number of pyridine rings is 1. The van der Waals surface area contributed by atoms with Crippen LogP contribution >= 0.6 is 0 Å². The largest absolute Gasteiger partial charge is 0.380 e. The normalized spacial score (nSPS) is 11.1. The molecule has 0 radical (unpaired) electrons. The molecule has 1 aromatic heterocycles. The van der Waals surface area contributed by atoms with E-state index in [1.54, 1.807) is 0 Å². The fourth-order valence-electron chi connectivity index (χ4n) is 2.10. The number of likely N-dealkylation sites (N-methyl/N-ethyl adjacent to an activating group) is 1. The molecule has 0 saturated carbocycles. The first-order valence-electron chi connectivity index (χ1n) is 8.08. The van der Waals surface area contributed by atoms with Crippen molar-refractivity contribution in [2.45, 2.75) is 53.1 Å². The zero-order valence-corrected chi connectivity index (χ0v) is 14.3. The Morgan fingerprint density at radius 1 is 1.29 bits per heavy atom. The maximum atomic E-state index is 5.43. The number of nitrogens with zero attached hydrogens (tertiary/aromatic N) is 2. The second kappa shape index (κ2) is 9.74. The van der Waals surface area contributed by atoms with Gasteiger partial charge >= 0.3 is 0 Å². The fourth-order valence-corrected chi connectivity index (χ4v) is 2.10. The third kappa shape index (κ3) is 6.91. The van der Waals surface area contributed by atoms with Crippen molar-refractivity contribution < 1.29 is 4.74 Å². The highest BCUT2D eigenvalue weighted by Crippen LogP contribution is 2.15. The summed E-state index contributed by atoms with van der Waals surface area (Å²) in [5.74, 6) is 1.04. The van der Waals surface area contributed by atoms with Crippen molar-refractivity contribution in [3.63, 3.8) is 0 Å². The van der Waals surface area contributed by atoms with E-state index in [1.165, 1.54) is 11.3 Å². The van der Waals surface area contributed by atoms with Crippen LogP contribution in [0.3, 0.4) is 0 Å². The Balaban J connectivity index is 2.79. The van der Waals surface area contributed by atoms with Crippen molar-refractivity contribution in [2.24, 2.45) is 0 Å². The average Bonchev–Trinajstić information content (AvgIpc) is 2.45. The second-order valence-corrected chi connectivity index (χ2v) is 5.73. The van der Waals surface area contributed by atoms with E-state index in [-0.39, 0.29) is 0 Å². The number of aromatic nitrogens is 1. The SMILES string of the molecule is CCCc1cc(CNC(C)C)cc(N(C)CCOCC)n1. The number of hydrogen-bond donors (Lipinski definition) is 1. The first-order chi connectivity index (χ1) is 10.1. The Labute approximate surface area is 129 Å². The summed E-state index contributed by atoms with van der Waals surface area (Å²) in [6, 6.07) is 4.89. The molecule has 0 bridgehead atoms. The van der Waals surface area contributed by atoms with Crippen LogP contribution in [-0.4, -0.2) is 37.8 Å². The van der Waals surface area contributed by atoms with Crippen molar-refractivity contribution in [2.75, 3.05) is 31.7 Å². The quantitative estimate of drug-likeness (QED) is 0.673. The molecule has 120 valence electrons. The smallest absolute Gasteiger partial charge is 0.128 e. The third-order valence-electron chi connectivity index (χ3n) is 3.31. The van der Waals surface area contributed by atoms with Gasteiger partial charge in [0.05, 0.1) is 6.61 Å². The van der Waals surface area contributed by atoms with E-state index in [0.29, 0.717) is 6.04 Å². The van der Waals surface area contributed by atoms with Crippen LogP contribution in [0.1, 0.15) is 45.4 Å². The molecule has 1 N–H and O–H groups in total. The monoisotopic (exact) mass is 293 g/mol.